The Morgan fingerprint density at radius 2 is 1.02 bits per heavy atom. The van der Waals surface area contributed by atoms with E-state index in [2.05, 4.69) is 0 Å². The van der Waals surface area contributed by atoms with E-state index in [1.54, 1.807) is 62.8 Å². The third-order valence-electron chi connectivity index (χ3n) is 9.33. The number of benzene rings is 5. The average Bonchev–Trinajstić information content (AvgIpc) is 3.46. The van der Waals surface area contributed by atoms with Crippen molar-refractivity contribution in [3.63, 3.8) is 0 Å². The second kappa shape index (κ2) is 16.9. The zero-order chi connectivity index (χ0) is 36.6. The maximum Gasteiger partial charge on any atom is 0.262 e. The molecule has 0 unspecified atom stereocenters. The molecule has 0 aliphatic carbocycles. The lowest BCUT2D eigenvalue weighted by Crippen LogP contribution is -2.67. The van der Waals surface area contributed by atoms with E-state index in [0.717, 1.165) is 22.4 Å². The van der Waals surface area contributed by atoms with Crippen LogP contribution in [0.25, 0.3) is 0 Å². The highest BCUT2D eigenvalue weighted by molar-refractivity contribution is 6.21. The van der Waals surface area contributed by atoms with Crippen LogP contribution >= 0.6 is 0 Å². The van der Waals surface area contributed by atoms with Gasteiger partial charge >= 0.3 is 0 Å². The summed E-state index contributed by atoms with van der Waals surface area (Å²) < 4.78 is 43.9. The standard InChI is InChI=1S/C43H41NO9/c1-47-32-19-17-31(18-20-32)27-50-39-37(28-49-25-29-11-5-3-6-12-29)53-43(52-34-23-21-33(48-2)22-24-34)38(40(39)51-26-30-13-7-4-8-14-30)44-41(45)35-15-9-10-16-36(35)42(44)46/h3-24,37-40,43H,25-28H2,1-2H3/t37-,38-,39-,40-,43-/m1/s1. The van der Waals surface area contributed by atoms with Crippen molar-refractivity contribution >= 4 is 11.8 Å². The minimum atomic E-state index is -1.17. The first-order valence-electron chi connectivity index (χ1n) is 17.5. The second-order valence-electron chi connectivity index (χ2n) is 12.7. The first-order chi connectivity index (χ1) is 26.0. The maximum atomic E-state index is 14.2. The van der Waals surface area contributed by atoms with Crippen LogP contribution in [0, 0.1) is 0 Å². The van der Waals surface area contributed by atoms with Gasteiger partial charge in [0, 0.05) is 0 Å². The predicted molar refractivity (Wildman–Crippen MR) is 196 cm³/mol. The first-order valence-corrected chi connectivity index (χ1v) is 17.5. The third-order valence-corrected chi connectivity index (χ3v) is 9.33. The number of carbonyl (C=O) groups is 2. The lowest BCUT2D eigenvalue weighted by Gasteiger charge is -2.48. The van der Waals surface area contributed by atoms with E-state index in [1.165, 1.54) is 4.90 Å². The molecule has 0 aromatic heterocycles. The monoisotopic (exact) mass is 715 g/mol. The highest BCUT2D eigenvalue weighted by atomic mass is 16.7. The normalized spacial score (nSPS) is 20.9. The van der Waals surface area contributed by atoms with Crippen LogP contribution in [0.5, 0.6) is 17.2 Å². The number of hydrogen-bond acceptors (Lipinski definition) is 9. The minimum Gasteiger partial charge on any atom is -0.497 e. The van der Waals surface area contributed by atoms with E-state index in [1.807, 2.05) is 84.9 Å². The summed E-state index contributed by atoms with van der Waals surface area (Å²) in [4.78, 5) is 29.6. The number of imide groups is 1. The van der Waals surface area contributed by atoms with Crippen molar-refractivity contribution in [3.8, 4) is 17.2 Å². The van der Waals surface area contributed by atoms with Crippen LogP contribution in [0.3, 0.4) is 0 Å². The molecule has 0 radical (unpaired) electrons. The summed E-state index contributed by atoms with van der Waals surface area (Å²) in [5.41, 5.74) is 3.37. The minimum absolute atomic E-state index is 0.102. The van der Waals surface area contributed by atoms with Crippen LogP contribution in [-0.4, -0.2) is 68.2 Å². The summed E-state index contributed by atoms with van der Waals surface area (Å²) in [6, 6.07) is 39.8. The van der Waals surface area contributed by atoms with Crippen molar-refractivity contribution in [1.29, 1.82) is 0 Å². The summed E-state index contributed by atoms with van der Waals surface area (Å²) in [6.45, 7) is 0.773. The molecule has 5 aromatic carbocycles. The molecule has 7 rings (SSSR count). The second-order valence-corrected chi connectivity index (χ2v) is 12.7. The van der Waals surface area contributed by atoms with Crippen molar-refractivity contribution in [2.45, 2.75) is 50.5 Å². The Balaban J connectivity index is 1.28. The fourth-order valence-electron chi connectivity index (χ4n) is 6.60. The molecule has 0 spiro atoms. The number of methoxy groups -OCH3 is 2. The van der Waals surface area contributed by atoms with Crippen LogP contribution in [0.15, 0.2) is 133 Å². The number of nitrogens with zero attached hydrogens (tertiary/aromatic N) is 1. The lowest BCUT2D eigenvalue weighted by molar-refractivity contribution is -0.279. The molecule has 1 saturated heterocycles. The van der Waals surface area contributed by atoms with Crippen molar-refractivity contribution in [1.82, 2.24) is 4.90 Å². The molecule has 2 amide bonds. The Labute approximate surface area is 308 Å². The SMILES string of the molecule is COc1ccc(CO[C@H]2[C@H](OCc3ccccc3)[C@@H](N3C(=O)c4ccccc4C3=O)[C@H](Oc3ccc(OC)cc3)O[C@@H]2COCc2ccccc2)cc1. The fraction of sp³-hybridized carbons (Fsp3) is 0.256. The Morgan fingerprint density at radius 1 is 0.547 bits per heavy atom. The average molecular weight is 716 g/mol. The number of fused-ring (bicyclic) bond motifs is 1. The number of amides is 2. The van der Waals surface area contributed by atoms with Crippen LogP contribution < -0.4 is 14.2 Å². The molecular formula is C43H41NO9. The van der Waals surface area contributed by atoms with Gasteiger partial charge in [0.25, 0.3) is 11.8 Å². The van der Waals surface area contributed by atoms with Crippen molar-refractivity contribution in [2.24, 2.45) is 0 Å². The molecule has 272 valence electrons. The summed E-state index contributed by atoms with van der Waals surface area (Å²) in [5, 5.41) is 0. The van der Waals surface area contributed by atoms with Crippen molar-refractivity contribution in [3.05, 3.63) is 161 Å². The van der Waals surface area contributed by atoms with E-state index in [-0.39, 0.29) is 19.8 Å². The number of rotatable bonds is 15. The van der Waals surface area contributed by atoms with Gasteiger partial charge in [-0.15, -0.1) is 0 Å². The molecule has 0 bridgehead atoms. The molecule has 5 aromatic rings. The summed E-state index contributed by atoms with van der Waals surface area (Å²) >= 11 is 0. The van der Waals surface area contributed by atoms with Gasteiger partial charge in [0.05, 0.1) is 51.8 Å². The molecule has 0 N–H and O–H groups in total. The smallest absolute Gasteiger partial charge is 0.262 e. The fourth-order valence-corrected chi connectivity index (χ4v) is 6.60. The highest BCUT2D eigenvalue weighted by Gasteiger charge is 2.56. The van der Waals surface area contributed by atoms with Gasteiger partial charge in [-0.05, 0) is 65.2 Å². The maximum absolute atomic E-state index is 14.2. The molecule has 0 saturated carbocycles. The molecule has 10 heteroatoms. The first kappa shape index (κ1) is 35.9. The Morgan fingerprint density at radius 3 is 1.58 bits per heavy atom. The topological polar surface area (TPSA) is 102 Å². The lowest BCUT2D eigenvalue weighted by atomic mass is 9.94. The molecule has 2 aliphatic rings. The molecule has 10 nitrogen and oxygen atoms in total. The van der Waals surface area contributed by atoms with Crippen LogP contribution in [0.4, 0.5) is 0 Å². The zero-order valence-electron chi connectivity index (χ0n) is 29.5. The van der Waals surface area contributed by atoms with Crippen LogP contribution in [-0.2, 0) is 38.8 Å². The quantitative estimate of drug-likeness (QED) is 0.108. The molecule has 1 fully saturated rings. The van der Waals surface area contributed by atoms with E-state index >= 15 is 0 Å². The van der Waals surface area contributed by atoms with Gasteiger partial charge in [0.1, 0.15) is 41.6 Å². The summed E-state index contributed by atoms with van der Waals surface area (Å²) in [6.07, 6.45) is -3.65. The van der Waals surface area contributed by atoms with Gasteiger partial charge in [-0.2, -0.15) is 0 Å². The zero-order valence-corrected chi connectivity index (χ0v) is 29.5. The van der Waals surface area contributed by atoms with E-state index < -0.39 is 42.5 Å². The van der Waals surface area contributed by atoms with Gasteiger partial charge in [0.2, 0.25) is 6.29 Å². The Kier molecular flexibility index (Phi) is 11.4. The van der Waals surface area contributed by atoms with Crippen molar-refractivity contribution in [2.75, 3.05) is 20.8 Å². The highest BCUT2D eigenvalue weighted by Crippen LogP contribution is 2.37. The van der Waals surface area contributed by atoms with Gasteiger partial charge in [-0.25, -0.2) is 0 Å². The largest absolute Gasteiger partial charge is 0.497 e. The predicted octanol–water partition coefficient (Wildman–Crippen LogP) is 6.86. The van der Waals surface area contributed by atoms with E-state index in [0.29, 0.717) is 29.2 Å². The molecule has 53 heavy (non-hydrogen) atoms. The Bertz CT molecular complexity index is 1920. The number of hydrogen-bond donors (Lipinski definition) is 0. The van der Waals surface area contributed by atoms with Crippen LogP contribution in [0.2, 0.25) is 0 Å². The Hall–Kier alpha value is -5.52. The third kappa shape index (κ3) is 8.27. The molecule has 5 atom stereocenters. The molecule has 2 aliphatic heterocycles. The summed E-state index contributed by atoms with van der Waals surface area (Å²) in [7, 11) is 3.20. The van der Waals surface area contributed by atoms with Crippen LogP contribution in [0.1, 0.15) is 37.4 Å². The summed E-state index contributed by atoms with van der Waals surface area (Å²) in [5.74, 6) is 0.866. The van der Waals surface area contributed by atoms with Gasteiger partial charge in [0.15, 0.2) is 0 Å². The van der Waals surface area contributed by atoms with Gasteiger partial charge in [-0.1, -0.05) is 84.9 Å². The van der Waals surface area contributed by atoms with E-state index in [9.17, 15) is 9.59 Å². The van der Waals surface area contributed by atoms with E-state index in [4.69, 9.17) is 33.2 Å². The van der Waals surface area contributed by atoms with Gasteiger partial charge < -0.3 is 33.2 Å². The van der Waals surface area contributed by atoms with Crippen molar-refractivity contribution < 1.29 is 42.7 Å². The van der Waals surface area contributed by atoms with Gasteiger partial charge in [-0.3, -0.25) is 14.5 Å². The molecular weight excluding hydrogens is 674 g/mol. The number of ether oxygens (including phenoxy) is 7. The molecule has 2 heterocycles. The number of carbonyl (C=O) groups excluding carboxylic acids is 2.